The van der Waals surface area contributed by atoms with E-state index >= 15 is 0 Å². The van der Waals surface area contributed by atoms with E-state index in [4.69, 9.17) is 0 Å². The Bertz CT molecular complexity index is 1450. The quantitative estimate of drug-likeness (QED) is 0.254. The molecule has 0 bridgehead atoms. The largest absolute Gasteiger partial charge is 0.417 e. The minimum Gasteiger partial charge on any atom is -0.343 e. The maximum atomic E-state index is 13.7. The molecule has 0 unspecified atom stereocenters. The van der Waals surface area contributed by atoms with Crippen LogP contribution in [-0.4, -0.2) is 48.7 Å². The molecule has 1 saturated heterocycles. The first-order valence-corrected chi connectivity index (χ1v) is 15.4. The highest BCUT2D eigenvalue weighted by Gasteiger charge is 2.46. The number of carbonyl (C=O) groups excluding carboxylic acids is 1. The van der Waals surface area contributed by atoms with E-state index in [1.54, 1.807) is 29.2 Å². The van der Waals surface area contributed by atoms with Crippen molar-refractivity contribution in [2.45, 2.75) is 67.6 Å². The highest BCUT2D eigenvalue weighted by molar-refractivity contribution is 7.89. The number of carbonyl (C=O) groups is 1. The van der Waals surface area contributed by atoms with Gasteiger partial charge in [-0.15, -0.1) is 0 Å². The number of sulfonamides is 1. The van der Waals surface area contributed by atoms with E-state index in [-0.39, 0.29) is 49.0 Å². The Balaban J connectivity index is 1.26. The van der Waals surface area contributed by atoms with E-state index < -0.39 is 32.7 Å². The smallest absolute Gasteiger partial charge is 0.343 e. The molecule has 0 atom stereocenters. The van der Waals surface area contributed by atoms with Gasteiger partial charge in [-0.25, -0.2) is 17.2 Å². The predicted octanol–water partition coefficient (Wildman–Crippen LogP) is 6.74. The molecule has 0 radical (unpaired) electrons. The molecule has 11 heteroatoms. The number of hydrogen-bond acceptors (Lipinski definition) is 3. The van der Waals surface area contributed by atoms with E-state index in [0.29, 0.717) is 32.1 Å². The summed E-state index contributed by atoms with van der Waals surface area (Å²) in [4.78, 5) is 14.1. The minimum absolute atomic E-state index is 0.133. The second-order valence-corrected chi connectivity index (χ2v) is 12.7. The summed E-state index contributed by atoms with van der Waals surface area (Å²) in [7, 11) is -4.42. The third kappa shape index (κ3) is 6.67. The van der Waals surface area contributed by atoms with Gasteiger partial charge in [0.25, 0.3) is 0 Å². The summed E-state index contributed by atoms with van der Waals surface area (Å²) in [5.74, 6) is -1.18. The van der Waals surface area contributed by atoms with Crippen LogP contribution in [-0.2, 0) is 21.0 Å². The van der Waals surface area contributed by atoms with Crippen molar-refractivity contribution < 1.29 is 35.2 Å². The molecular formula is C31H31F5N2O3S. The SMILES string of the molecule is O=C(CCC(c1ccc(F)cc1)c1ccc(F)cc1)N1CCC(N(C2CC2)S(=O)(=O)c2ccccc2C(F)(F)F)CC1. The molecule has 2 aliphatic rings. The van der Waals surface area contributed by atoms with Crippen molar-refractivity contribution in [1.29, 1.82) is 0 Å². The van der Waals surface area contributed by atoms with Crippen molar-refractivity contribution in [2.75, 3.05) is 13.1 Å². The molecule has 0 N–H and O–H groups in total. The van der Waals surface area contributed by atoms with Crippen molar-refractivity contribution in [3.8, 4) is 0 Å². The van der Waals surface area contributed by atoms with Gasteiger partial charge in [-0.1, -0.05) is 36.4 Å². The molecule has 1 amide bonds. The lowest BCUT2D eigenvalue weighted by Gasteiger charge is -2.38. The molecule has 0 aromatic heterocycles. The Labute approximate surface area is 242 Å². The Morgan fingerprint density at radius 2 is 1.31 bits per heavy atom. The number of rotatable bonds is 9. The highest BCUT2D eigenvalue weighted by atomic mass is 32.2. The fourth-order valence-corrected chi connectivity index (χ4v) is 7.92. The Morgan fingerprint density at radius 3 is 1.81 bits per heavy atom. The van der Waals surface area contributed by atoms with Gasteiger partial charge in [-0.2, -0.15) is 17.5 Å². The first-order valence-electron chi connectivity index (χ1n) is 13.9. The van der Waals surface area contributed by atoms with E-state index in [1.165, 1.54) is 40.7 Å². The molecule has 1 aliphatic carbocycles. The fraction of sp³-hybridized carbons (Fsp3) is 0.387. The van der Waals surface area contributed by atoms with Crippen molar-refractivity contribution in [3.63, 3.8) is 0 Å². The molecular weight excluding hydrogens is 575 g/mol. The molecule has 5 rings (SSSR count). The molecule has 1 heterocycles. The van der Waals surface area contributed by atoms with Crippen molar-refractivity contribution in [3.05, 3.63) is 101 Å². The maximum Gasteiger partial charge on any atom is 0.417 e. The number of nitrogens with zero attached hydrogens (tertiary/aromatic N) is 2. The van der Waals surface area contributed by atoms with Gasteiger partial charge >= 0.3 is 6.18 Å². The first-order chi connectivity index (χ1) is 19.9. The van der Waals surface area contributed by atoms with Crippen LogP contribution >= 0.6 is 0 Å². The lowest BCUT2D eigenvalue weighted by Crippen LogP contribution is -2.49. The van der Waals surface area contributed by atoms with Gasteiger partial charge in [0.2, 0.25) is 15.9 Å². The third-order valence-electron chi connectivity index (χ3n) is 8.02. The summed E-state index contributed by atoms with van der Waals surface area (Å²) in [6.45, 7) is 0.557. The molecule has 0 spiro atoms. The number of amides is 1. The lowest BCUT2D eigenvalue weighted by atomic mass is 9.87. The van der Waals surface area contributed by atoms with Crippen LogP contribution in [0, 0.1) is 11.6 Å². The molecule has 3 aromatic rings. The number of benzene rings is 3. The van der Waals surface area contributed by atoms with Crippen LogP contribution < -0.4 is 0 Å². The molecule has 1 saturated carbocycles. The minimum atomic E-state index is -4.81. The van der Waals surface area contributed by atoms with Crippen molar-refractivity contribution in [2.24, 2.45) is 0 Å². The Hall–Kier alpha value is -3.31. The molecule has 1 aliphatic heterocycles. The van der Waals surface area contributed by atoms with Crippen LogP contribution in [0.4, 0.5) is 22.0 Å². The topological polar surface area (TPSA) is 57.7 Å². The molecule has 5 nitrogen and oxygen atoms in total. The van der Waals surface area contributed by atoms with Gasteiger partial charge in [0.1, 0.15) is 11.6 Å². The Morgan fingerprint density at radius 1 is 0.810 bits per heavy atom. The second kappa shape index (κ2) is 12.1. The summed E-state index contributed by atoms with van der Waals surface area (Å²) in [6.07, 6.45) is -2.46. The van der Waals surface area contributed by atoms with Crippen LogP contribution in [0.1, 0.15) is 61.1 Å². The van der Waals surface area contributed by atoms with E-state index in [1.807, 2.05) is 0 Å². The third-order valence-corrected chi connectivity index (χ3v) is 10.1. The van der Waals surface area contributed by atoms with Gasteiger partial charge in [0.15, 0.2) is 0 Å². The number of alkyl halides is 3. The number of likely N-dealkylation sites (tertiary alicyclic amines) is 1. The average molecular weight is 607 g/mol. The van der Waals surface area contributed by atoms with E-state index in [0.717, 1.165) is 23.3 Å². The summed E-state index contributed by atoms with van der Waals surface area (Å²) < 4.78 is 96.5. The fourth-order valence-electron chi connectivity index (χ4n) is 5.77. The van der Waals surface area contributed by atoms with Gasteiger partial charge in [0, 0.05) is 37.5 Å². The zero-order valence-corrected chi connectivity index (χ0v) is 23.6. The van der Waals surface area contributed by atoms with Gasteiger partial charge in [-0.3, -0.25) is 4.79 Å². The summed E-state index contributed by atoms with van der Waals surface area (Å²) in [5, 5.41) is 0. The van der Waals surface area contributed by atoms with Gasteiger partial charge < -0.3 is 4.90 Å². The monoisotopic (exact) mass is 606 g/mol. The van der Waals surface area contributed by atoms with Crippen molar-refractivity contribution >= 4 is 15.9 Å². The highest BCUT2D eigenvalue weighted by Crippen LogP contribution is 2.41. The van der Waals surface area contributed by atoms with Gasteiger partial charge in [0.05, 0.1) is 10.5 Å². The average Bonchev–Trinajstić information content (AvgIpc) is 3.80. The first kappa shape index (κ1) is 30.2. The lowest BCUT2D eigenvalue weighted by molar-refractivity contribution is -0.140. The molecule has 224 valence electrons. The zero-order valence-electron chi connectivity index (χ0n) is 22.7. The predicted molar refractivity (Wildman–Crippen MR) is 147 cm³/mol. The van der Waals surface area contributed by atoms with Crippen LogP contribution in [0.5, 0.6) is 0 Å². The molecule has 42 heavy (non-hydrogen) atoms. The van der Waals surface area contributed by atoms with E-state index in [2.05, 4.69) is 0 Å². The number of piperidine rings is 1. The number of halogens is 5. The normalized spacial score (nSPS) is 16.8. The summed E-state index contributed by atoms with van der Waals surface area (Å²) >= 11 is 0. The van der Waals surface area contributed by atoms with Crippen LogP contribution in [0.2, 0.25) is 0 Å². The van der Waals surface area contributed by atoms with Crippen molar-refractivity contribution in [1.82, 2.24) is 9.21 Å². The van der Waals surface area contributed by atoms with Crippen LogP contribution in [0.25, 0.3) is 0 Å². The maximum absolute atomic E-state index is 13.7. The summed E-state index contributed by atoms with van der Waals surface area (Å²) in [6, 6.07) is 15.3. The van der Waals surface area contributed by atoms with Crippen LogP contribution in [0.3, 0.4) is 0 Å². The van der Waals surface area contributed by atoms with Gasteiger partial charge in [-0.05, 0) is 79.6 Å². The standard InChI is InChI=1S/C31H31F5N2O3S/c32-23-9-5-21(6-10-23)27(22-7-11-24(33)12-8-22)15-16-30(39)37-19-17-26(18-20-37)38(25-13-14-25)42(40,41)29-4-2-1-3-28(29)31(34,35)36/h1-12,25-27H,13-20H2. The Kier molecular flexibility index (Phi) is 8.71. The second-order valence-electron chi connectivity index (χ2n) is 10.9. The molecule has 2 fully saturated rings. The number of hydrogen-bond donors (Lipinski definition) is 0. The zero-order chi connectivity index (χ0) is 30.1. The summed E-state index contributed by atoms with van der Waals surface area (Å²) in [5.41, 5.74) is 0.401. The van der Waals surface area contributed by atoms with Crippen LogP contribution in [0.15, 0.2) is 77.7 Å². The van der Waals surface area contributed by atoms with E-state index in [9.17, 15) is 35.2 Å². The molecule has 3 aromatic carbocycles.